The molecule has 1 aromatic rings. The monoisotopic (exact) mass is 476 g/mol. The molecule has 0 radical (unpaired) electrons. The molecular formula is C19H23F3N4O5S. The first kappa shape index (κ1) is 24.0. The maximum atomic E-state index is 13.2. The highest BCUT2D eigenvalue weighted by molar-refractivity contribution is 7.89. The first-order valence-corrected chi connectivity index (χ1v) is 11.4. The van der Waals surface area contributed by atoms with Gasteiger partial charge >= 0.3 is 12.2 Å². The van der Waals surface area contributed by atoms with Crippen LogP contribution in [0, 0.1) is 5.92 Å². The molecule has 4 amide bonds. The lowest BCUT2D eigenvalue weighted by molar-refractivity contribution is -0.140. The second-order valence-corrected chi connectivity index (χ2v) is 9.83. The zero-order chi connectivity index (χ0) is 23.9. The predicted molar refractivity (Wildman–Crippen MR) is 105 cm³/mol. The Labute approximate surface area is 182 Å². The Kier molecular flexibility index (Phi) is 6.26. The molecule has 1 aromatic carbocycles. The van der Waals surface area contributed by atoms with Crippen LogP contribution in [0.4, 0.5) is 18.0 Å². The van der Waals surface area contributed by atoms with Gasteiger partial charge in [0.2, 0.25) is 10.0 Å². The van der Waals surface area contributed by atoms with Gasteiger partial charge in [-0.1, -0.05) is 19.1 Å². The minimum atomic E-state index is -4.93. The summed E-state index contributed by atoms with van der Waals surface area (Å²) in [4.78, 5) is 36.5. The Morgan fingerprint density at radius 1 is 1.22 bits per heavy atom. The number of hydrazine groups is 1. The molecule has 32 heavy (non-hydrogen) atoms. The van der Waals surface area contributed by atoms with E-state index in [-0.39, 0.29) is 0 Å². The topological polar surface area (TPSA) is 125 Å². The van der Waals surface area contributed by atoms with Crippen LogP contribution in [0.5, 0.6) is 0 Å². The van der Waals surface area contributed by atoms with Crippen molar-refractivity contribution in [3.8, 4) is 0 Å². The first-order chi connectivity index (χ1) is 14.8. The number of sulfonamides is 1. The summed E-state index contributed by atoms with van der Waals surface area (Å²) in [6.07, 6.45) is -2.70. The molecule has 3 N–H and O–H groups in total. The molecule has 2 aliphatic rings. The molecule has 176 valence electrons. The number of hydrogen-bond donors (Lipinski definition) is 3. The molecule has 1 aliphatic carbocycles. The van der Waals surface area contributed by atoms with E-state index in [2.05, 4.69) is 10.7 Å². The van der Waals surface area contributed by atoms with E-state index >= 15 is 0 Å². The Morgan fingerprint density at radius 2 is 1.81 bits per heavy atom. The maximum absolute atomic E-state index is 13.2. The van der Waals surface area contributed by atoms with Crippen LogP contribution in [0.25, 0.3) is 0 Å². The summed E-state index contributed by atoms with van der Waals surface area (Å²) < 4.78 is 66.4. The van der Waals surface area contributed by atoms with Crippen LogP contribution in [0.2, 0.25) is 0 Å². The van der Waals surface area contributed by atoms with Gasteiger partial charge in [0.05, 0.1) is 16.5 Å². The maximum Gasteiger partial charge on any atom is 0.417 e. The minimum absolute atomic E-state index is 0.392. The van der Waals surface area contributed by atoms with Crippen molar-refractivity contribution in [3.63, 3.8) is 0 Å². The fraction of sp³-hybridized carbons (Fsp3) is 0.526. The third-order valence-corrected chi connectivity index (χ3v) is 7.32. The molecule has 13 heteroatoms. The van der Waals surface area contributed by atoms with Crippen molar-refractivity contribution in [1.29, 1.82) is 0 Å². The lowest BCUT2D eigenvalue weighted by atomic mass is 9.77. The molecule has 2 fully saturated rings. The fourth-order valence-corrected chi connectivity index (χ4v) is 5.24. The van der Waals surface area contributed by atoms with Crippen molar-refractivity contribution < 1.29 is 36.0 Å². The molecule has 1 aliphatic heterocycles. The molecule has 1 spiro atoms. The van der Waals surface area contributed by atoms with E-state index in [0.717, 1.165) is 25.1 Å². The molecule has 1 atom stereocenters. The number of urea groups is 1. The van der Waals surface area contributed by atoms with Crippen LogP contribution in [-0.4, -0.2) is 42.9 Å². The van der Waals surface area contributed by atoms with Gasteiger partial charge in [-0.25, -0.2) is 13.2 Å². The van der Waals surface area contributed by atoms with E-state index in [9.17, 15) is 36.0 Å². The first-order valence-electron chi connectivity index (χ1n) is 9.92. The van der Waals surface area contributed by atoms with E-state index in [1.165, 1.54) is 0 Å². The summed E-state index contributed by atoms with van der Waals surface area (Å²) in [6, 6.07) is 1.10. The Hall–Kier alpha value is -2.67. The van der Waals surface area contributed by atoms with Crippen molar-refractivity contribution in [2.24, 2.45) is 5.92 Å². The highest BCUT2D eigenvalue weighted by Crippen LogP contribution is 2.36. The molecular weight excluding hydrogens is 453 g/mol. The molecule has 0 unspecified atom stereocenters. The molecule has 1 heterocycles. The van der Waals surface area contributed by atoms with Gasteiger partial charge in [0.1, 0.15) is 5.54 Å². The van der Waals surface area contributed by atoms with Crippen LogP contribution in [0.1, 0.15) is 45.1 Å². The van der Waals surface area contributed by atoms with Crippen molar-refractivity contribution in [2.45, 2.75) is 62.2 Å². The molecule has 9 nitrogen and oxygen atoms in total. The number of rotatable bonds is 5. The van der Waals surface area contributed by atoms with Crippen LogP contribution in [-0.2, 0) is 25.8 Å². The molecule has 0 bridgehead atoms. The summed E-state index contributed by atoms with van der Waals surface area (Å²) in [6.45, 7) is 3.11. The number of amides is 4. The largest absolute Gasteiger partial charge is 0.417 e. The van der Waals surface area contributed by atoms with E-state index in [0.29, 0.717) is 42.7 Å². The average molecular weight is 476 g/mol. The summed E-state index contributed by atoms with van der Waals surface area (Å²) in [5.74, 6) is -1.34. The van der Waals surface area contributed by atoms with E-state index in [1.807, 2.05) is 11.6 Å². The average Bonchev–Trinajstić information content (AvgIpc) is 2.93. The fourth-order valence-electron chi connectivity index (χ4n) is 3.81. The second kappa shape index (κ2) is 8.35. The number of hydrogen-bond acceptors (Lipinski definition) is 5. The number of benzene rings is 1. The summed E-state index contributed by atoms with van der Waals surface area (Å²) in [5, 5.41) is 3.08. The van der Waals surface area contributed by atoms with Crippen molar-refractivity contribution >= 4 is 27.9 Å². The van der Waals surface area contributed by atoms with Gasteiger partial charge in [-0.05, 0) is 50.7 Å². The van der Waals surface area contributed by atoms with Gasteiger partial charge in [0.25, 0.3) is 11.8 Å². The SMILES string of the molecule is CC1CCC2(CC1)NC(=O)N(NC(=O)[C@H](C)NS(=O)(=O)c1ccccc1C(F)(F)F)C2=O. The number of alkyl halides is 3. The van der Waals surface area contributed by atoms with Crippen molar-refractivity contribution in [3.05, 3.63) is 29.8 Å². The van der Waals surface area contributed by atoms with Gasteiger partial charge in [-0.3, -0.25) is 15.0 Å². The number of imide groups is 1. The van der Waals surface area contributed by atoms with Gasteiger partial charge in [0, 0.05) is 0 Å². The Bertz CT molecular complexity index is 1040. The van der Waals surface area contributed by atoms with Crippen LogP contribution >= 0.6 is 0 Å². The quantitative estimate of drug-likeness (QED) is 0.560. The summed E-state index contributed by atoms with van der Waals surface area (Å²) in [5.41, 5.74) is -0.443. The standard InChI is InChI=1S/C19H23F3N4O5S/c1-11-7-9-18(10-8-11)16(28)26(17(29)23-18)24-15(27)12(2)25-32(30,31)14-6-4-3-5-13(14)19(20,21)22/h3-6,11-12,25H,7-10H2,1-2H3,(H,23,29)(H,24,27)/t11?,12-,18?/m0/s1. The Balaban J connectivity index is 1.72. The van der Waals surface area contributed by atoms with Gasteiger partial charge < -0.3 is 5.32 Å². The summed E-state index contributed by atoms with van der Waals surface area (Å²) >= 11 is 0. The number of halogens is 3. The Morgan fingerprint density at radius 3 is 2.41 bits per heavy atom. The third kappa shape index (κ3) is 4.58. The lowest BCUT2D eigenvalue weighted by Gasteiger charge is -2.33. The van der Waals surface area contributed by atoms with E-state index in [1.54, 1.807) is 0 Å². The van der Waals surface area contributed by atoms with E-state index in [4.69, 9.17) is 0 Å². The number of carbonyl (C=O) groups excluding carboxylic acids is 3. The molecule has 3 rings (SSSR count). The van der Waals surface area contributed by atoms with Crippen LogP contribution in [0.15, 0.2) is 29.2 Å². The molecule has 0 aromatic heterocycles. The lowest BCUT2D eigenvalue weighted by Crippen LogP contribution is -2.55. The predicted octanol–water partition coefficient (Wildman–Crippen LogP) is 1.90. The van der Waals surface area contributed by atoms with E-state index < -0.39 is 56.1 Å². The van der Waals surface area contributed by atoms with Crippen molar-refractivity contribution in [2.75, 3.05) is 0 Å². The van der Waals surface area contributed by atoms with Gasteiger partial charge in [0.15, 0.2) is 0 Å². The van der Waals surface area contributed by atoms with Gasteiger partial charge in [-0.2, -0.15) is 22.9 Å². The van der Waals surface area contributed by atoms with Gasteiger partial charge in [-0.15, -0.1) is 0 Å². The molecule has 1 saturated heterocycles. The zero-order valence-corrected chi connectivity index (χ0v) is 18.1. The smallest absolute Gasteiger partial charge is 0.322 e. The molecule has 1 saturated carbocycles. The highest BCUT2D eigenvalue weighted by Gasteiger charge is 2.53. The zero-order valence-electron chi connectivity index (χ0n) is 17.3. The van der Waals surface area contributed by atoms with Crippen LogP contribution in [0.3, 0.4) is 0 Å². The highest BCUT2D eigenvalue weighted by atomic mass is 32.2. The number of carbonyl (C=O) groups is 3. The number of nitrogens with one attached hydrogen (secondary N) is 3. The van der Waals surface area contributed by atoms with Crippen LogP contribution < -0.4 is 15.5 Å². The minimum Gasteiger partial charge on any atom is -0.322 e. The summed E-state index contributed by atoms with van der Waals surface area (Å²) in [7, 11) is -4.75. The second-order valence-electron chi connectivity index (χ2n) is 8.15. The van der Waals surface area contributed by atoms with Crippen molar-refractivity contribution in [1.82, 2.24) is 20.5 Å². The number of nitrogens with zero attached hydrogens (tertiary/aromatic N) is 1. The normalized spacial score (nSPS) is 25.0. The third-order valence-electron chi connectivity index (χ3n) is 5.72.